The summed E-state index contributed by atoms with van der Waals surface area (Å²) in [5, 5.41) is 9.72. The SMILES string of the molecule is c1ccc(-c2ccc(-c3nc(-c4ccccc4)nc(-c4ccc5c(c4)c4ccccc4c4cc6c(cc54)c4ccccc4n6-c4ccccc4)n3)cc2)cc1. The van der Waals surface area contributed by atoms with Gasteiger partial charge >= 0.3 is 0 Å². The van der Waals surface area contributed by atoms with Crippen LogP contribution in [0.2, 0.25) is 0 Å². The van der Waals surface area contributed by atoms with Gasteiger partial charge in [-0.3, -0.25) is 0 Å². The van der Waals surface area contributed by atoms with Crippen molar-refractivity contribution in [1.29, 1.82) is 0 Å². The van der Waals surface area contributed by atoms with E-state index in [9.17, 15) is 0 Å². The third-order valence-electron chi connectivity index (χ3n) is 10.8. The van der Waals surface area contributed by atoms with Crippen molar-refractivity contribution in [1.82, 2.24) is 19.5 Å². The molecule has 0 aliphatic carbocycles. The van der Waals surface area contributed by atoms with E-state index in [4.69, 9.17) is 15.0 Å². The molecule has 0 spiro atoms. The summed E-state index contributed by atoms with van der Waals surface area (Å²) in [6.45, 7) is 0. The standard InChI is InChI=1S/C51H32N4/c1-4-14-33(15-5-1)34-24-26-36(27-25-34)50-52-49(35-16-6-2-7-17-35)53-51(54-50)37-28-29-41-43(30-37)39-20-10-11-21-40(39)45-32-48-46(31-44(41)45)42-22-12-13-23-47(42)55(48)38-18-8-3-9-19-38/h1-32H. The zero-order valence-electron chi connectivity index (χ0n) is 29.8. The molecule has 0 aliphatic rings. The molecule has 11 aromatic rings. The van der Waals surface area contributed by atoms with Crippen molar-refractivity contribution in [3.05, 3.63) is 194 Å². The first-order chi connectivity index (χ1) is 27.3. The summed E-state index contributed by atoms with van der Waals surface area (Å²) >= 11 is 0. The first kappa shape index (κ1) is 31.1. The Kier molecular flexibility index (Phi) is 7.14. The van der Waals surface area contributed by atoms with Gasteiger partial charge in [-0.05, 0) is 79.8 Å². The van der Waals surface area contributed by atoms with E-state index in [0.29, 0.717) is 17.5 Å². The number of hydrogen-bond donors (Lipinski definition) is 0. The summed E-state index contributed by atoms with van der Waals surface area (Å²) in [6, 6.07) is 68.7. The molecule has 0 N–H and O–H groups in total. The average molecular weight is 701 g/mol. The summed E-state index contributed by atoms with van der Waals surface area (Å²) in [4.78, 5) is 15.2. The Hall–Kier alpha value is -7.43. The summed E-state index contributed by atoms with van der Waals surface area (Å²) in [5.41, 5.74) is 8.71. The van der Waals surface area contributed by atoms with Crippen LogP contribution in [0.1, 0.15) is 0 Å². The van der Waals surface area contributed by atoms with Crippen molar-refractivity contribution in [3.63, 3.8) is 0 Å². The highest BCUT2D eigenvalue weighted by atomic mass is 15.0. The molecule has 0 aliphatic heterocycles. The predicted molar refractivity (Wildman–Crippen MR) is 228 cm³/mol. The Morgan fingerprint density at radius 3 is 1.36 bits per heavy atom. The van der Waals surface area contributed by atoms with E-state index in [0.717, 1.165) is 27.9 Å². The van der Waals surface area contributed by atoms with E-state index in [1.165, 1.54) is 59.7 Å². The fraction of sp³-hybridized carbons (Fsp3) is 0. The highest BCUT2D eigenvalue weighted by Gasteiger charge is 2.18. The zero-order chi connectivity index (χ0) is 36.3. The topological polar surface area (TPSA) is 43.6 Å². The van der Waals surface area contributed by atoms with Crippen molar-refractivity contribution in [2.75, 3.05) is 0 Å². The Bertz CT molecular complexity index is 3220. The molecule has 0 fully saturated rings. The monoisotopic (exact) mass is 700 g/mol. The molecule has 256 valence electrons. The van der Waals surface area contributed by atoms with Crippen LogP contribution in [-0.2, 0) is 0 Å². The number of rotatable bonds is 5. The maximum absolute atomic E-state index is 5.13. The first-order valence-corrected chi connectivity index (χ1v) is 18.6. The van der Waals surface area contributed by atoms with Gasteiger partial charge in [0.15, 0.2) is 17.5 Å². The molecule has 55 heavy (non-hydrogen) atoms. The summed E-state index contributed by atoms with van der Waals surface area (Å²) in [5.74, 6) is 1.93. The summed E-state index contributed by atoms with van der Waals surface area (Å²) in [7, 11) is 0. The van der Waals surface area contributed by atoms with Crippen LogP contribution in [0.5, 0.6) is 0 Å². The first-order valence-electron chi connectivity index (χ1n) is 18.6. The second-order valence-electron chi connectivity index (χ2n) is 14.0. The van der Waals surface area contributed by atoms with Gasteiger partial charge in [-0.1, -0.05) is 158 Å². The third-order valence-corrected chi connectivity index (χ3v) is 10.8. The van der Waals surface area contributed by atoms with Crippen LogP contribution in [-0.4, -0.2) is 19.5 Å². The fourth-order valence-electron chi connectivity index (χ4n) is 8.20. The minimum Gasteiger partial charge on any atom is -0.309 e. The fourth-order valence-corrected chi connectivity index (χ4v) is 8.20. The molecule has 2 heterocycles. The van der Waals surface area contributed by atoms with E-state index in [1.807, 2.05) is 24.3 Å². The molecular formula is C51H32N4. The second kappa shape index (κ2) is 12.6. The average Bonchev–Trinajstić information content (AvgIpc) is 3.60. The summed E-state index contributed by atoms with van der Waals surface area (Å²) < 4.78 is 2.39. The molecule has 0 bridgehead atoms. The number of fused-ring (bicyclic) bond motifs is 9. The quantitative estimate of drug-likeness (QED) is 0.168. The van der Waals surface area contributed by atoms with Crippen LogP contribution in [0.25, 0.3) is 105 Å². The van der Waals surface area contributed by atoms with Gasteiger partial charge in [0.05, 0.1) is 11.0 Å². The van der Waals surface area contributed by atoms with Crippen molar-refractivity contribution < 1.29 is 0 Å². The van der Waals surface area contributed by atoms with E-state index in [1.54, 1.807) is 0 Å². The van der Waals surface area contributed by atoms with E-state index in [-0.39, 0.29) is 0 Å². The van der Waals surface area contributed by atoms with Gasteiger partial charge in [0.25, 0.3) is 0 Å². The highest BCUT2D eigenvalue weighted by Crippen LogP contribution is 2.42. The highest BCUT2D eigenvalue weighted by molar-refractivity contribution is 6.29. The maximum Gasteiger partial charge on any atom is 0.164 e. The third kappa shape index (κ3) is 5.19. The molecule has 0 radical (unpaired) electrons. The predicted octanol–water partition coefficient (Wildman–Crippen LogP) is 13.1. The van der Waals surface area contributed by atoms with Gasteiger partial charge in [0, 0.05) is 33.2 Å². The van der Waals surface area contributed by atoms with Gasteiger partial charge in [0.1, 0.15) is 0 Å². The molecule has 0 saturated heterocycles. The maximum atomic E-state index is 5.13. The van der Waals surface area contributed by atoms with Gasteiger partial charge in [-0.15, -0.1) is 0 Å². The number of aromatic nitrogens is 4. The van der Waals surface area contributed by atoms with E-state index in [2.05, 4.69) is 174 Å². The number of para-hydroxylation sites is 2. The van der Waals surface area contributed by atoms with Gasteiger partial charge in [0.2, 0.25) is 0 Å². The molecule has 11 rings (SSSR count). The van der Waals surface area contributed by atoms with Crippen LogP contribution >= 0.6 is 0 Å². The van der Waals surface area contributed by atoms with Crippen molar-refractivity contribution >= 4 is 54.1 Å². The van der Waals surface area contributed by atoms with Crippen molar-refractivity contribution in [2.45, 2.75) is 0 Å². The lowest BCUT2D eigenvalue weighted by Gasteiger charge is -2.14. The minimum absolute atomic E-state index is 0.642. The molecule has 0 unspecified atom stereocenters. The molecular weight excluding hydrogens is 669 g/mol. The normalized spacial score (nSPS) is 11.6. The van der Waals surface area contributed by atoms with Crippen LogP contribution in [0.4, 0.5) is 0 Å². The van der Waals surface area contributed by atoms with Crippen LogP contribution in [0.15, 0.2) is 194 Å². The van der Waals surface area contributed by atoms with Gasteiger partial charge in [-0.2, -0.15) is 0 Å². The minimum atomic E-state index is 0.642. The Morgan fingerprint density at radius 1 is 0.255 bits per heavy atom. The van der Waals surface area contributed by atoms with Crippen molar-refractivity contribution in [3.8, 4) is 51.0 Å². The summed E-state index contributed by atoms with van der Waals surface area (Å²) in [6.07, 6.45) is 0. The lowest BCUT2D eigenvalue weighted by atomic mass is 9.92. The van der Waals surface area contributed by atoms with Crippen LogP contribution in [0, 0.1) is 0 Å². The molecule has 0 atom stereocenters. The van der Waals surface area contributed by atoms with Crippen molar-refractivity contribution in [2.24, 2.45) is 0 Å². The zero-order valence-corrected chi connectivity index (χ0v) is 29.8. The number of hydrogen-bond acceptors (Lipinski definition) is 3. The van der Waals surface area contributed by atoms with Gasteiger partial charge < -0.3 is 4.57 Å². The smallest absolute Gasteiger partial charge is 0.164 e. The largest absolute Gasteiger partial charge is 0.309 e. The Morgan fingerprint density at radius 2 is 0.691 bits per heavy atom. The Labute approximate surface area is 317 Å². The van der Waals surface area contributed by atoms with Crippen LogP contribution < -0.4 is 0 Å². The second-order valence-corrected chi connectivity index (χ2v) is 14.0. The lowest BCUT2D eigenvalue weighted by molar-refractivity contribution is 1.07. The number of nitrogens with zero attached hydrogens (tertiary/aromatic N) is 4. The number of benzene rings is 9. The molecule has 0 saturated carbocycles. The molecule has 4 heteroatoms. The molecule has 2 aromatic heterocycles. The van der Waals surface area contributed by atoms with Gasteiger partial charge in [-0.25, -0.2) is 15.0 Å². The molecule has 4 nitrogen and oxygen atoms in total. The molecule has 0 amide bonds. The van der Waals surface area contributed by atoms with Crippen LogP contribution in [0.3, 0.4) is 0 Å². The van der Waals surface area contributed by atoms with E-state index < -0.39 is 0 Å². The lowest BCUT2D eigenvalue weighted by Crippen LogP contribution is -2.00. The van der Waals surface area contributed by atoms with E-state index >= 15 is 0 Å². The molecule has 9 aromatic carbocycles. The Balaban J connectivity index is 1.13.